The number of likely N-dealkylation sites (tertiary alicyclic amines) is 1. The molecular weight excluding hydrogens is 288 g/mol. The van der Waals surface area contributed by atoms with Crippen molar-refractivity contribution in [2.24, 2.45) is 5.41 Å². The minimum absolute atomic E-state index is 0.0924. The van der Waals surface area contributed by atoms with E-state index in [0.29, 0.717) is 6.42 Å². The van der Waals surface area contributed by atoms with Crippen molar-refractivity contribution in [3.8, 4) is 0 Å². The van der Waals surface area contributed by atoms with Crippen molar-refractivity contribution < 1.29 is 4.79 Å². The fourth-order valence-corrected chi connectivity index (χ4v) is 3.83. The zero-order valence-electron chi connectivity index (χ0n) is 13.1. The van der Waals surface area contributed by atoms with E-state index in [0.717, 1.165) is 38.3 Å². The van der Waals surface area contributed by atoms with Crippen molar-refractivity contribution in [2.75, 3.05) is 24.5 Å². The summed E-state index contributed by atoms with van der Waals surface area (Å²) in [5.41, 5.74) is 2.24. The smallest absolute Gasteiger partial charge is 0.227 e. The number of nitrogens with zero attached hydrogens (tertiary/aromatic N) is 4. The summed E-state index contributed by atoms with van der Waals surface area (Å²) in [6.07, 6.45) is 8.97. The molecule has 2 fully saturated rings. The quantitative estimate of drug-likeness (QED) is 0.871. The SMILES string of the molecule is O=C1CC2(CCN(Cc3cccnc3)C2)CN1c1cccnc1. The van der Waals surface area contributed by atoms with Crippen molar-refractivity contribution >= 4 is 11.6 Å². The maximum absolute atomic E-state index is 12.5. The van der Waals surface area contributed by atoms with Gasteiger partial charge in [-0.1, -0.05) is 6.07 Å². The number of hydrogen-bond donors (Lipinski definition) is 0. The minimum Gasteiger partial charge on any atom is -0.310 e. The molecule has 2 aromatic rings. The third kappa shape index (κ3) is 2.84. The van der Waals surface area contributed by atoms with Crippen LogP contribution in [0.5, 0.6) is 0 Å². The molecule has 0 aliphatic carbocycles. The average molecular weight is 308 g/mol. The molecule has 5 nitrogen and oxygen atoms in total. The summed E-state index contributed by atoms with van der Waals surface area (Å²) in [5.74, 6) is 0.223. The summed E-state index contributed by atoms with van der Waals surface area (Å²) in [6.45, 7) is 3.74. The maximum atomic E-state index is 12.5. The molecule has 5 heteroatoms. The zero-order valence-corrected chi connectivity index (χ0v) is 13.1. The van der Waals surface area contributed by atoms with Crippen LogP contribution in [0.15, 0.2) is 49.1 Å². The van der Waals surface area contributed by atoms with Crippen molar-refractivity contribution in [3.63, 3.8) is 0 Å². The number of anilines is 1. The van der Waals surface area contributed by atoms with Crippen LogP contribution in [0.25, 0.3) is 0 Å². The molecule has 0 saturated carbocycles. The summed E-state index contributed by atoms with van der Waals surface area (Å²) in [7, 11) is 0. The van der Waals surface area contributed by atoms with Crippen LogP contribution >= 0.6 is 0 Å². The standard InChI is InChI=1S/C18H20N4O/c23-17-9-18(14-22(17)16-4-2-7-20-11-16)5-8-21(13-18)12-15-3-1-6-19-10-15/h1-4,6-7,10-11H,5,8-9,12-14H2. The fraction of sp³-hybridized carbons (Fsp3) is 0.389. The van der Waals surface area contributed by atoms with E-state index in [4.69, 9.17) is 0 Å². The number of aromatic nitrogens is 2. The van der Waals surface area contributed by atoms with Gasteiger partial charge in [-0.2, -0.15) is 0 Å². The first kappa shape index (κ1) is 14.3. The molecule has 2 aliphatic rings. The third-order valence-corrected chi connectivity index (χ3v) is 4.92. The second kappa shape index (κ2) is 5.74. The molecule has 2 aromatic heterocycles. The molecule has 0 N–H and O–H groups in total. The minimum atomic E-state index is 0.0924. The highest BCUT2D eigenvalue weighted by molar-refractivity contribution is 5.96. The number of pyridine rings is 2. The number of rotatable bonds is 3. The Morgan fingerprint density at radius 3 is 2.65 bits per heavy atom. The van der Waals surface area contributed by atoms with Crippen LogP contribution < -0.4 is 4.90 Å². The molecule has 1 amide bonds. The van der Waals surface area contributed by atoms with Gasteiger partial charge in [-0.15, -0.1) is 0 Å². The average Bonchev–Trinajstić information content (AvgIpc) is 3.12. The second-order valence-electron chi connectivity index (χ2n) is 6.69. The molecule has 0 aromatic carbocycles. The van der Waals surface area contributed by atoms with Gasteiger partial charge < -0.3 is 4.90 Å². The maximum Gasteiger partial charge on any atom is 0.227 e. The normalized spacial score (nSPS) is 24.7. The van der Waals surface area contributed by atoms with Gasteiger partial charge in [0.15, 0.2) is 0 Å². The highest BCUT2D eigenvalue weighted by Crippen LogP contribution is 2.41. The summed E-state index contributed by atoms with van der Waals surface area (Å²) in [4.78, 5) is 25.1. The van der Waals surface area contributed by atoms with Gasteiger partial charge >= 0.3 is 0 Å². The zero-order chi connectivity index (χ0) is 15.7. The van der Waals surface area contributed by atoms with E-state index in [2.05, 4.69) is 20.9 Å². The summed E-state index contributed by atoms with van der Waals surface area (Å²) in [5, 5.41) is 0. The van der Waals surface area contributed by atoms with Crippen LogP contribution in [0.1, 0.15) is 18.4 Å². The van der Waals surface area contributed by atoms with Crippen LogP contribution in [0.2, 0.25) is 0 Å². The Balaban J connectivity index is 1.45. The predicted octanol–water partition coefficient (Wildman–Crippen LogP) is 2.11. The first-order chi connectivity index (χ1) is 11.2. The van der Waals surface area contributed by atoms with E-state index in [9.17, 15) is 4.79 Å². The molecule has 1 spiro atoms. The lowest BCUT2D eigenvalue weighted by Gasteiger charge is -2.24. The van der Waals surface area contributed by atoms with E-state index in [-0.39, 0.29) is 11.3 Å². The molecule has 4 rings (SSSR count). The predicted molar refractivity (Wildman–Crippen MR) is 87.8 cm³/mol. The largest absolute Gasteiger partial charge is 0.310 e. The van der Waals surface area contributed by atoms with E-state index < -0.39 is 0 Å². The number of amides is 1. The monoisotopic (exact) mass is 308 g/mol. The van der Waals surface area contributed by atoms with Gasteiger partial charge in [0, 0.05) is 50.1 Å². The fourth-order valence-electron chi connectivity index (χ4n) is 3.83. The van der Waals surface area contributed by atoms with Gasteiger partial charge in [0.05, 0.1) is 11.9 Å². The number of carbonyl (C=O) groups excluding carboxylic acids is 1. The van der Waals surface area contributed by atoms with E-state index in [1.807, 2.05) is 29.3 Å². The van der Waals surface area contributed by atoms with Crippen molar-refractivity contribution in [2.45, 2.75) is 19.4 Å². The Bertz CT molecular complexity index is 691. The van der Waals surface area contributed by atoms with Gasteiger partial charge in [0.1, 0.15) is 0 Å². The van der Waals surface area contributed by atoms with Crippen LogP contribution in [0, 0.1) is 5.41 Å². The second-order valence-corrected chi connectivity index (χ2v) is 6.69. The molecule has 2 saturated heterocycles. The van der Waals surface area contributed by atoms with Gasteiger partial charge in [-0.25, -0.2) is 0 Å². The van der Waals surface area contributed by atoms with Crippen LogP contribution in [-0.4, -0.2) is 40.4 Å². The van der Waals surface area contributed by atoms with E-state index in [1.165, 1.54) is 5.56 Å². The lowest BCUT2D eigenvalue weighted by molar-refractivity contribution is -0.117. The number of carbonyl (C=O) groups is 1. The molecule has 118 valence electrons. The molecular formula is C18H20N4O. The third-order valence-electron chi connectivity index (χ3n) is 4.92. The van der Waals surface area contributed by atoms with Gasteiger partial charge in [-0.05, 0) is 36.7 Å². The first-order valence-corrected chi connectivity index (χ1v) is 8.06. The number of hydrogen-bond acceptors (Lipinski definition) is 4. The lowest BCUT2D eigenvalue weighted by atomic mass is 9.86. The summed E-state index contributed by atoms with van der Waals surface area (Å²) in [6, 6.07) is 7.94. The van der Waals surface area contributed by atoms with Crippen LogP contribution in [-0.2, 0) is 11.3 Å². The van der Waals surface area contributed by atoms with Gasteiger partial charge in [0.2, 0.25) is 5.91 Å². The molecule has 4 heterocycles. The molecule has 1 unspecified atom stereocenters. The molecule has 23 heavy (non-hydrogen) atoms. The molecule has 0 bridgehead atoms. The van der Waals surface area contributed by atoms with Crippen LogP contribution in [0.3, 0.4) is 0 Å². The highest BCUT2D eigenvalue weighted by Gasteiger charge is 2.47. The Morgan fingerprint density at radius 1 is 1.09 bits per heavy atom. The molecule has 0 radical (unpaired) electrons. The first-order valence-electron chi connectivity index (χ1n) is 8.06. The Labute approximate surface area is 136 Å². The van der Waals surface area contributed by atoms with E-state index >= 15 is 0 Å². The lowest BCUT2D eigenvalue weighted by Crippen LogP contribution is -2.31. The van der Waals surface area contributed by atoms with Crippen LogP contribution in [0.4, 0.5) is 5.69 Å². The van der Waals surface area contributed by atoms with Crippen molar-refractivity contribution in [3.05, 3.63) is 54.6 Å². The van der Waals surface area contributed by atoms with Gasteiger partial charge in [-0.3, -0.25) is 19.7 Å². The Morgan fingerprint density at radius 2 is 1.91 bits per heavy atom. The molecule has 1 atom stereocenters. The summed E-state index contributed by atoms with van der Waals surface area (Å²) >= 11 is 0. The van der Waals surface area contributed by atoms with Gasteiger partial charge in [0.25, 0.3) is 0 Å². The van der Waals surface area contributed by atoms with Crippen molar-refractivity contribution in [1.29, 1.82) is 0 Å². The highest BCUT2D eigenvalue weighted by atomic mass is 16.2. The topological polar surface area (TPSA) is 49.3 Å². The molecule has 2 aliphatic heterocycles. The summed E-state index contributed by atoms with van der Waals surface area (Å²) < 4.78 is 0. The Hall–Kier alpha value is -2.27. The van der Waals surface area contributed by atoms with E-state index in [1.54, 1.807) is 18.6 Å². The Kier molecular flexibility index (Phi) is 3.58. The van der Waals surface area contributed by atoms with Crippen molar-refractivity contribution in [1.82, 2.24) is 14.9 Å².